The van der Waals surface area contributed by atoms with Crippen LogP contribution >= 0.6 is 11.3 Å². The maximum absolute atomic E-state index is 13.0. The minimum absolute atomic E-state index is 0.163. The zero-order valence-corrected chi connectivity index (χ0v) is 21.0. The minimum Gasteiger partial charge on any atom is -0.342 e. The molecule has 0 spiro atoms. The quantitative estimate of drug-likeness (QED) is 0.490. The lowest BCUT2D eigenvalue weighted by molar-refractivity contribution is -0.132. The van der Waals surface area contributed by atoms with Gasteiger partial charge in [0.05, 0.1) is 20.1 Å². The van der Waals surface area contributed by atoms with Crippen molar-refractivity contribution in [1.82, 2.24) is 14.2 Å². The second kappa shape index (κ2) is 10.1. The molecule has 2 fully saturated rings. The predicted molar refractivity (Wildman–Crippen MR) is 136 cm³/mol. The first-order chi connectivity index (χ1) is 16.5. The molecule has 0 N–H and O–H groups in total. The Balaban J connectivity index is 1.17. The van der Waals surface area contributed by atoms with Crippen LogP contribution in [0.25, 0.3) is 10.2 Å². The number of rotatable bonds is 6. The van der Waals surface area contributed by atoms with Crippen LogP contribution in [0.15, 0.2) is 53.4 Å². The fourth-order valence-electron chi connectivity index (χ4n) is 4.96. The average molecular weight is 498 g/mol. The molecule has 2 aromatic carbocycles. The number of carbonyl (C=O) groups is 1. The number of likely N-dealkylation sites (tertiary alicyclic amines) is 1. The van der Waals surface area contributed by atoms with Gasteiger partial charge in [-0.15, -0.1) is 11.3 Å². The lowest BCUT2D eigenvalue weighted by Gasteiger charge is -2.32. The van der Waals surface area contributed by atoms with E-state index in [1.807, 2.05) is 35.2 Å². The molecule has 0 aliphatic carbocycles. The Labute approximate surface area is 205 Å². The van der Waals surface area contributed by atoms with Crippen molar-refractivity contribution in [2.75, 3.05) is 26.2 Å². The number of amides is 1. The molecule has 0 radical (unpaired) electrons. The van der Waals surface area contributed by atoms with Crippen molar-refractivity contribution in [3.63, 3.8) is 0 Å². The first-order valence-electron chi connectivity index (χ1n) is 12.2. The maximum Gasteiger partial charge on any atom is 0.243 e. The number of aryl methyl sites for hydroxylation is 1. The maximum atomic E-state index is 13.0. The van der Waals surface area contributed by atoms with Crippen LogP contribution in [0, 0.1) is 0 Å². The molecular formula is C26H31N3O3S2. The zero-order chi connectivity index (χ0) is 23.5. The number of para-hydroxylation sites is 1. The Morgan fingerprint density at radius 2 is 1.74 bits per heavy atom. The molecule has 0 bridgehead atoms. The average Bonchev–Trinajstić information content (AvgIpc) is 3.33. The SMILES string of the molecule is O=C(CCc1ccc(S(=O)(=O)N2CCCCC2)cc1)N1CCCC(c2nc3ccccc3s2)C1. The van der Waals surface area contributed by atoms with Crippen molar-refractivity contribution in [3.05, 3.63) is 59.1 Å². The highest BCUT2D eigenvalue weighted by atomic mass is 32.2. The Bertz CT molecular complexity index is 1210. The lowest BCUT2D eigenvalue weighted by Crippen LogP contribution is -2.39. The summed E-state index contributed by atoms with van der Waals surface area (Å²) in [7, 11) is -3.42. The molecule has 180 valence electrons. The van der Waals surface area contributed by atoms with E-state index in [0.717, 1.165) is 61.3 Å². The fraction of sp³-hybridized carbons (Fsp3) is 0.462. The van der Waals surface area contributed by atoms with Crippen LogP contribution in [-0.2, 0) is 21.2 Å². The molecule has 1 unspecified atom stereocenters. The molecular weight excluding hydrogens is 466 g/mol. The number of hydrogen-bond donors (Lipinski definition) is 0. The standard InChI is InChI=1S/C26H31N3O3S2/c30-25(28-16-6-7-21(19-28)26-27-23-8-2-3-9-24(23)33-26)15-12-20-10-13-22(14-11-20)34(31,32)29-17-4-1-5-18-29/h2-3,8-11,13-14,21H,1,4-7,12,15-19H2. The van der Waals surface area contributed by atoms with E-state index in [1.54, 1.807) is 27.8 Å². The van der Waals surface area contributed by atoms with E-state index in [2.05, 4.69) is 6.07 Å². The van der Waals surface area contributed by atoms with E-state index in [-0.39, 0.29) is 5.91 Å². The molecule has 6 nitrogen and oxygen atoms in total. The number of hydrogen-bond acceptors (Lipinski definition) is 5. The van der Waals surface area contributed by atoms with Gasteiger partial charge in [-0.2, -0.15) is 4.31 Å². The number of sulfonamides is 1. The molecule has 8 heteroatoms. The molecule has 1 aromatic heterocycles. The topological polar surface area (TPSA) is 70.6 Å². The Hall–Kier alpha value is -2.29. The molecule has 0 saturated carbocycles. The number of benzene rings is 2. The van der Waals surface area contributed by atoms with Crippen LogP contribution in [-0.4, -0.2) is 54.7 Å². The predicted octanol–water partition coefficient (Wildman–Crippen LogP) is 4.81. The van der Waals surface area contributed by atoms with Crippen molar-refractivity contribution in [1.29, 1.82) is 0 Å². The highest BCUT2D eigenvalue weighted by Crippen LogP contribution is 2.33. The summed E-state index contributed by atoms with van der Waals surface area (Å²) in [6.45, 7) is 2.73. The summed E-state index contributed by atoms with van der Waals surface area (Å²) in [6, 6.07) is 15.3. The smallest absolute Gasteiger partial charge is 0.243 e. The highest BCUT2D eigenvalue weighted by molar-refractivity contribution is 7.89. The largest absolute Gasteiger partial charge is 0.342 e. The third-order valence-electron chi connectivity index (χ3n) is 6.94. The first kappa shape index (κ1) is 23.5. The number of fused-ring (bicyclic) bond motifs is 1. The molecule has 2 aliphatic heterocycles. The van der Waals surface area contributed by atoms with Gasteiger partial charge in [0.1, 0.15) is 0 Å². The van der Waals surface area contributed by atoms with Crippen LogP contribution < -0.4 is 0 Å². The third kappa shape index (κ3) is 5.04. The summed E-state index contributed by atoms with van der Waals surface area (Å²) in [4.78, 5) is 20.1. The van der Waals surface area contributed by atoms with Crippen LogP contribution in [0.4, 0.5) is 0 Å². The summed E-state index contributed by atoms with van der Waals surface area (Å²) in [5, 5.41) is 1.13. The molecule has 5 rings (SSSR count). The molecule has 1 amide bonds. The molecule has 2 saturated heterocycles. The summed E-state index contributed by atoms with van der Waals surface area (Å²) in [6.07, 6.45) is 6.06. The van der Waals surface area contributed by atoms with Crippen LogP contribution in [0.5, 0.6) is 0 Å². The monoisotopic (exact) mass is 497 g/mol. The minimum atomic E-state index is -3.42. The van der Waals surface area contributed by atoms with Crippen molar-refractivity contribution in [3.8, 4) is 0 Å². The second-order valence-corrected chi connectivity index (χ2v) is 12.3. The van der Waals surface area contributed by atoms with Crippen LogP contribution in [0.3, 0.4) is 0 Å². The lowest BCUT2D eigenvalue weighted by atomic mass is 9.98. The van der Waals surface area contributed by atoms with Crippen LogP contribution in [0.1, 0.15) is 55.0 Å². The van der Waals surface area contributed by atoms with E-state index < -0.39 is 10.0 Å². The van der Waals surface area contributed by atoms with E-state index in [0.29, 0.717) is 36.7 Å². The van der Waals surface area contributed by atoms with Crippen molar-refractivity contribution in [2.45, 2.75) is 55.8 Å². The van der Waals surface area contributed by atoms with Gasteiger partial charge < -0.3 is 4.90 Å². The molecule has 3 aromatic rings. The van der Waals surface area contributed by atoms with Gasteiger partial charge in [0.15, 0.2) is 0 Å². The number of thiazole rings is 1. The highest BCUT2D eigenvalue weighted by Gasteiger charge is 2.27. The number of aromatic nitrogens is 1. The molecule has 3 heterocycles. The van der Waals surface area contributed by atoms with E-state index in [4.69, 9.17) is 4.98 Å². The summed E-state index contributed by atoms with van der Waals surface area (Å²) < 4.78 is 28.5. The van der Waals surface area contributed by atoms with Gasteiger partial charge >= 0.3 is 0 Å². The van der Waals surface area contributed by atoms with Crippen molar-refractivity contribution in [2.24, 2.45) is 0 Å². The van der Waals surface area contributed by atoms with Crippen molar-refractivity contribution < 1.29 is 13.2 Å². The second-order valence-electron chi connectivity index (χ2n) is 9.31. The van der Waals surface area contributed by atoms with Gasteiger partial charge in [0.25, 0.3) is 0 Å². The van der Waals surface area contributed by atoms with E-state index in [9.17, 15) is 13.2 Å². The number of carbonyl (C=O) groups excluding carboxylic acids is 1. The van der Waals surface area contributed by atoms with Gasteiger partial charge in [-0.3, -0.25) is 4.79 Å². The van der Waals surface area contributed by atoms with Gasteiger partial charge in [0.2, 0.25) is 15.9 Å². The fourth-order valence-corrected chi connectivity index (χ4v) is 7.57. The van der Waals surface area contributed by atoms with E-state index >= 15 is 0 Å². The van der Waals surface area contributed by atoms with Gasteiger partial charge in [0, 0.05) is 38.5 Å². The Kier molecular flexibility index (Phi) is 6.99. The number of nitrogens with zero attached hydrogens (tertiary/aromatic N) is 3. The summed E-state index contributed by atoms with van der Waals surface area (Å²) in [5.74, 6) is 0.463. The molecule has 2 aliphatic rings. The van der Waals surface area contributed by atoms with Crippen molar-refractivity contribution >= 4 is 37.5 Å². The number of piperidine rings is 2. The Morgan fingerprint density at radius 1 is 0.971 bits per heavy atom. The zero-order valence-electron chi connectivity index (χ0n) is 19.4. The van der Waals surface area contributed by atoms with Gasteiger partial charge in [-0.25, -0.2) is 13.4 Å². The molecule has 1 atom stereocenters. The van der Waals surface area contributed by atoms with Gasteiger partial charge in [-0.1, -0.05) is 30.7 Å². The normalized spacial score (nSPS) is 20.0. The third-order valence-corrected chi connectivity index (χ3v) is 10.0. The van der Waals surface area contributed by atoms with Crippen LogP contribution in [0.2, 0.25) is 0 Å². The first-order valence-corrected chi connectivity index (χ1v) is 14.5. The Morgan fingerprint density at radius 3 is 2.50 bits per heavy atom. The summed E-state index contributed by atoms with van der Waals surface area (Å²) >= 11 is 1.74. The van der Waals surface area contributed by atoms with Gasteiger partial charge in [-0.05, 0) is 61.9 Å². The molecule has 34 heavy (non-hydrogen) atoms. The summed E-state index contributed by atoms with van der Waals surface area (Å²) in [5.41, 5.74) is 2.03. The van der Waals surface area contributed by atoms with E-state index in [1.165, 1.54) is 4.70 Å².